The van der Waals surface area contributed by atoms with Gasteiger partial charge in [-0.15, -0.1) is 0 Å². The zero-order valence-electron chi connectivity index (χ0n) is 15.3. The summed E-state index contributed by atoms with van der Waals surface area (Å²) in [6.07, 6.45) is -3.05. The Labute approximate surface area is 166 Å². The van der Waals surface area contributed by atoms with Crippen molar-refractivity contribution < 1.29 is 21.6 Å². The first-order valence-corrected chi connectivity index (χ1v) is 9.99. The van der Waals surface area contributed by atoms with E-state index in [0.717, 1.165) is 18.2 Å². The predicted molar refractivity (Wildman–Crippen MR) is 104 cm³/mol. The van der Waals surface area contributed by atoms with Gasteiger partial charge in [-0.2, -0.15) is 13.2 Å². The van der Waals surface area contributed by atoms with Crippen LogP contribution in [-0.2, 0) is 21.7 Å². The van der Waals surface area contributed by atoms with Gasteiger partial charge in [0.1, 0.15) is 0 Å². The van der Waals surface area contributed by atoms with Gasteiger partial charge < -0.3 is 5.73 Å². The quantitative estimate of drug-likeness (QED) is 0.649. The molecule has 0 bridgehead atoms. The van der Waals surface area contributed by atoms with Crippen molar-refractivity contribution in [2.75, 3.05) is 4.72 Å². The minimum absolute atomic E-state index is 0.174. The fourth-order valence-electron chi connectivity index (χ4n) is 2.78. The maximum atomic E-state index is 12.9. The van der Waals surface area contributed by atoms with Crippen LogP contribution in [0.4, 0.5) is 18.9 Å². The van der Waals surface area contributed by atoms with Gasteiger partial charge in [0.2, 0.25) is 0 Å². The van der Waals surface area contributed by atoms with E-state index >= 15 is 0 Å². The lowest BCUT2D eigenvalue weighted by Crippen LogP contribution is -2.35. The summed E-state index contributed by atoms with van der Waals surface area (Å²) in [6.45, 7) is 1.73. The first kappa shape index (κ1) is 20.8. The number of hydrogen-bond acceptors (Lipinski definition) is 4. The third kappa shape index (κ3) is 4.57. The summed E-state index contributed by atoms with van der Waals surface area (Å²) in [5.41, 5.74) is 5.70. The highest BCUT2D eigenvalue weighted by Gasteiger charge is 2.32. The van der Waals surface area contributed by atoms with Crippen LogP contribution in [0.5, 0.6) is 0 Å². The molecule has 0 radical (unpaired) electrons. The number of nitrogens with one attached hydrogen (secondary N) is 1. The number of sulfonamides is 1. The molecule has 3 aromatic rings. The van der Waals surface area contributed by atoms with Crippen LogP contribution in [-0.4, -0.2) is 13.4 Å². The molecule has 0 saturated heterocycles. The van der Waals surface area contributed by atoms with Gasteiger partial charge in [0.05, 0.1) is 21.7 Å². The topological polar surface area (TPSA) is 85.1 Å². The number of halogens is 3. The minimum atomic E-state index is -4.64. The second kappa shape index (κ2) is 7.49. The van der Waals surface area contributed by atoms with Crippen LogP contribution < -0.4 is 10.5 Å². The zero-order valence-corrected chi connectivity index (χ0v) is 16.1. The van der Waals surface area contributed by atoms with Crippen molar-refractivity contribution >= 4 is 15.7 Å². The van der Waals surface area contributed by atoms with E-state index in [1.165, 1.54) is 12.1 Å². The fourth-order valence-corrected chi connectivity index (χ4v) is 3.87. The molecule has 1 aromatic heterocycles. The van der Waals surface area contributed by atoms with Gasteiger partial charge in [0, 0.05) is 11.9 Å². The number of anilines is 1. The van der Waals surface area contributed by atoms with E-state index in [1.807, 2.05) is 0 Å². The van der Waals surface area contributed by atoms with E-state index in [9.17, 15) is 21.6 Å². The molecule has 9 heteroatoms. The third-order valence-corrected chi connectivity index (χ3v) is 5.76. The molecular formula is C20H18F3N3O2S. The smallest absolute Gasteiger partial charge is 0.317 e. The predicted octanol–water partition coefficient (Wildman–Crippen LogP) is 4.12. The van der Waals surface area contributed by atoms with Crippen LogP contribution >= 0.6 is 0 Å². The lowest BCUT2D eigenvalue weighted by atomic mass is 9.89. The van der Waals surface area contributed by atoms with Gasteiger partial charge in [0.25, 0.3) is 10.0 Å². The average molecular weight is 421 g/mol. The Morgan fingerprint density at radius 1 is 0.931 bits per heavy atom. The van der Waals surface area contributed by atoms with E-state index in [4.69, 9.17) is 5.73 Å². The Bertz CT molecular complexity index is 1120. The number of nitrogens with two attached hydrogens (primary N) is 1. The molecule has 1 unspecified atom stereocenters. The molecule has 3 N–H and O–H groups in total. The van der Waals surface area contributed by atoms with Gasteiger partial charge >= 0.3 is 6.18 Å². The molecule has 3 rings (SSSR count). The number of alkyl halides is 3. The highest BCUT2D eigenvalue weighted by Crippen LogP contribution is 2.31. The Kier molecular flexibility index (Phi) is 5.38. The molecule has 0 amide bonds. The van der Waals surface area contributed by atoms with Crippen LogP contribution in [0, 0.1) is 0 Å². The van der Waals surface area contributed by atoms with Crippen molar-refractivity contribution in [3.63, 3.8) is 0 Å². The van der Waals surface area contributed by atoms with E-state index in [0.29, 0.717) is 17.3 Å². The van der Waals surface area contributed by atoms with Crippen molar-refractivity contribution in [3.8, 4) is 0 Å². The van der Waals surface area contributed by atoms with E-state index in [2.05, 4.69) is 9.71 Å². The zero-order chi connectivity index (χ0) is 21.3. The lowest BCUT2D eigenvalue weighted by Gasteiger charge is -2.25. The van der Waals surface area contributed by atoms with Crippen LogP contribution in [0.3, 0.4) is 0 Å². The van der Waals surface area contributed by atoms with Crippen molar-refractivity contribution in [3.05, 3.63) is 89.7 Å². The number of rotatable bonds is 5. The van der Waals surface area contributed by atoms with Crippen LogP contribution in [0.1, 0.15) is 23.7 Å². The summed E-state index contributed by atoms with van der Waals surface area (Å²) in [5.74, 6) is 0. The number of nitrogens with zero attached hydrogens (tertiary/aromatic N) is 1. The largest absolute Gasteiger partial charge is 0.416 e. The molecule has 0 spiro atoms. The molecule has 0 fully saturated rings. The summed E-state index contributed by atoms with van der Waals surface area (Å²) in [4.78, 5) is 3.75. The van der Waals surface area contributed by atoms with Gasteiger partial charge in [-0.25, -0.2) is 8.42 Å². The third-order valence-electron chi connectivity index (χ3n) is 4.38. The fraction of sp³-hybridized carbons (Fsp3) is 0.150. The summed E-state index contributed by atoms with van der Waals surface area (Å²) in [6, 6.07) is 15.2. The number of hydrogen-bond donors (Lipinski definition) is 2. The first-order valence-electron chi connectivity index (χ1n) is 8.51. The second-order valence-electron chi connectivity index (χ2n) is 6.63. The monoisotopic (exact) mass is 421 g/mol. The molecule has 5 nitrogen and oxygen atoms in total. The summed E-state index contributed by atoms with van der Waals surface area (Å²) in [7, 11) is -4.23. The average Bonchev–Trinajstić information content (AvgIpc) is 2.68. The standard InChI is InChI=1S/C20H18F3N3O2S/c1-19(24,18-10-2-3-11-25-18)14-6-4-8-16(12-14)26-29(27,28)17-9-5-7-15(13-17)20(21,22)23/h2-13,26H,24H2,1H3. The summed E-state index contributed by atoms with van der Waals surface area (Å²) < 4.78 is 66.2. The molecule has 0 aliphatic rings. The molecule has 152 valence electrons. The first-order chi connectivity index (χ1) is 13.5. The highest BCUT2D eigenvalue weighted by molar-refractivity contribution is 7.92. The Morgan fingerprint density at radius 2 is 1.62 bits per heavy atom. The highest BCUT2D eigenvalue weighted by atomic mass is 32.2. The number of aromatic nitrogens is 1. The maximum absolute atomic E-state index is 12.9. The van der Waals surface area contributed by atoms with E-state index < -0.39 is 32.2 Å². The molecule has 0 aliphatic carbocycles. The molecule has 1 atom stereocenters. The van der Waals surface area contributed by atoms with Crippen molar-refractivity contribution in [2.45, 2.75) is 23.5 Å². The van der Waals surface area contributed by atoms with Gasteiger partial charge in [-0.05, 0) is 55.0 Å². The molecule has 1 heterocycles. The summed E-state index contributed by atoms with van der Waals surface area (Å²) in [5, 5.41) is 0. The van der Waals surface area contributed by atoms with Crippen LogP contribution in [0.2, 0.25) is 0 Å². The molecule has 29 heavy (non-hydrogen) atoms. The second-order valence-corrected chi connectivity index (χ2v) is 8.31. The molecular weight excluding hydrogens is 403 g/mol. The van der Waals surface area contributed by atoms with Gasteiger partial charge in [-0.3, -0.25) is 9.71 Å². The van der Waals surface area contributed by atoms with Crippen LogP contribution in [0.25, 0.3) is 0 Å². The normalized spacial score (nSPS) is 14.2. The molecule has 0 aliphatic heterocycles. The van der Waals surface area contributed by atoms with Gasteiger partial charge in [0.15, 0.2) is 0 Å². The Morgan fingerprint density at radius 3 is 2.28 bits per heavy atom. The minimum Gasteiger partial charge on any atom is -0.317 e. The molecule has 2 aromatic carbocycles. The SMILES string of the molecule is CC(N)(c1cccc(NS(=O)(=O)c2cccc(C(F)(F)F)c2)c1)c1ccccn1. The van der Waals surface area contributed by atoms with Crippen molar-refractivity contribution in [1.82, 2.24) is 4.98 Å². The number of benzene rings is 2. The van der Waals surface area contributed by atoms with Crippen LogP contribution in [0.15, 0.2) is 77.8 Å². The maximum Gasteiger partial charge on any atom is 0.416 e. The van der Waals surface area contributed by atoms with Gasteiger partial charge in [-0.1, -0.05) is 24.3 Å². The Balaban J connectivity index is 1.92. The van der Waals surface area contributed by atoms with Crippen molar-refractivity contribution in [1.29, 1.82) is 0 Å². The molecule has 0 saturated carbocycles. The summed E-state index contributed by atoms with van der Waals surface area (Å²) >= 11 is 0. The van der Waals surface area contributed by atoms with E-state index in [-0.39, 0.29) is 5.69 Å². The number of pyridine rings is 1. The van der Waals surface area contributed by atoms with E-state index in [1.54, 1.807) is 43.5 Å². The van der Waals surface area contributed by atoms with Crippen molar-refractivity contribution in [2.24, 2.45) is 5.73 Å². The Hall–Kier alpha value is -2.91. The lowest BCUT2D eigenvalue weighted by molar-refractivity contribution is -0.137.